The van der Waals surface area contributed by atoms with E-state index in [4.69, 9.17) is 4.42 Å². The van der Waals surface area contributed by atoms with Crippen molar-refractivity contribution in [2.24, 2.45) is 10.9 Å². The van der Waals surface area contributed by atoms with Gasteiger partial charge in [-0.25, -0.2) is 14.1 Å². The van der Waals surface area contributed by atoms with Gasteiger partial charge in [-0.1, -0.05) is 0 Å². The average molecular weight is 421 g/mol. The number of benzene rings is 1. The van der Waals surface area contributed by atoms with E-state index in [0.29, 0.717) is 31.9 Å². The number of aliphatic imine (C=N–C) groups is 1. The van der Waals surface area contributed by atoms with Gasteiger partial charge < -0.3 is 14.2 Å². The third-order valence-electron chi connectivity index (χ3n) is 6.07. The van der Waals surface area contributed by atoms with E-state index in [1.807, 2.05) is 36.9 Å². The van der Waals surface area contributed by atoms with Crippen LogP contribution in [-0.2, 0) is 4.79 Å². The van der Waals surface area contributed by atoms with Crippen molar-refractivity contribution in [2.75, 3.05) is 31.1 Å². The first-order valence-electron chi connectivity index (χ1n) is 10.5. The summed E-state index contributed by atoms with van der Waals surface area (Å²) in [5.74, 6) is 1.53. The zero-order valence-corrected chi connectivity index (χ0v) is 17.5. The van der Waals surface area contributed by atoms with E-state index in [1.54, 1.807) is 23.0 Å². The molecule has 0 N–H and O–H groups in total. The minimum absolute atomic E-state index is 0.0280. The van der Waals surface area contributed by atoms with Crippen molar-refractivity contribution in [2.45, 2.75) is 19.9 Å². The summed E-state index contributed by atoms with van der Waals surface area (Å²) in [5.41, 5.74) is 1.73. The highest BCUT2D eigenvalue weighted by Crippen LogP contribution is 2.37. The predicted octanol–water partition coefficient (Wildman–Crippen LogP) is 3.58. The fourth-order valence-electron chi connectivity index (χ4n) is 4.47. The molecule has 2 aromatic heterocycles. The molecule has 0 radical (unpaired) electrons. The molecule has 0 saturated carbocycles. The summed E-state index contributed by atoms with van der Waals surface area (Å²) in [6.07, 6.45) is 1.70. The monoisotopic (exact) mass is 421 g/mol. The van der Waals surface area contributed by atoms with E-state index in [9.17, 15) is 9.18 Å². The first kappa shape index (κ1) is 19.5. The van der Waals surface area contributed by atoms with Gasteiger partial charge in [0.05, 0.1) is 6.20 Å². The lowest BCUT2D eigenvalue weighted by Crippen LogP contribution is -2.53. The molecule has 1 amide bonds. The Morgan fingerprint density at radius 3 is 2.45 bits per heavy atom. The van der Waals surface area contributed by atoms with Gasteiger partial charge in [-0.15, -0.1) is 0 Å². The van der Waals surface area contributed by atoms with Gasteiger partial charge in [0, 0.05) is 43.6 Å². The molecule has 8 heteroatoms. The molecule has 2 aliphatic rings. The summed E-state index contributed by atoms with van der Waals surface area (Å²) in [5, 5.41) is 4.43. The van der Waals surface area contributed by atoms with Crippen LogP contribution in [0, 0.1) is 18.7 Å². The number of nitrogens with zero attached hydrogens (tertiary/aromatic N) is 5. The number of aromatic nitrogens is 2. The molecule has 2 atom stereocenters. The van der Waals surface area contributed by atoms with E-state index in [1.165, 1.54) is 12.1 Å². The molecule has 2 aliphatic heterocycles. The Bertz CT molecular complexity index is 1130. The highest BCUT2D eigenvalue weighted by molar-refractivity contribution is 6.05. The summed E-state index contributed by atoms with van der Waals surface area (Å²) >= 11 is 0. The van der Waals surface area contributed by atoms with Crippen LogP contribution in [0.5, 0.6) is 0 Å². The third kappa shape index (κ3) is 3.52. The van der Waals surface area contributed by atoms with Crippen molar-refractivity contribution in [1.82, 2.24) is 14.7 Å². The smallest absolute Gasteiger partial charge is 0.234 e. The van der Waals surface area contributed by atoms with Crippen LogP contribution >= 0.6 is 0 Å². The van der Waals surface area contributed by atoms with Gasteiger partial charge in [0.25, 0.3) is 0 Å². The van der Waals surface area contributed by atoms with E-state index < -0.39 is 5.92 Å². The topological polar surface area (TPSA) is 66.9 Å². The van der Waals surface area contributed by atoms with Gasteiger partial charge in [0.15, 0.2) is 5.82 Å². The van der Waals surface area contributed by atoms with Crippen LogP contribution in [0.2, 0.25) is 0 Å². The van der Waals surface area contributed by atoms with Crippen LogP contribution in [0.3, 0.4) is 0 Å². The second kappa shape index (κ2) is 7.68. The maximum absolute atomic E-state index is 13.7. The predicted molar refractivity (Wildman–Crippen MR) is 115 cm³/mol. The summed E-state index contributed by atoms with van der Waals surface area (Å²) in [7, 11) is 0. The second-order valence-corrected chi connectivity index (χ2v) is 8.05. The van der Waals surface area contributed by atoms with Crippen molar-refractivity contribution in [1.29, 1.82) is 0 Å². The maximum atomic E-state index is 13.7. The molecule has 160 valence electrons. The maximum Gasteiger partial charge on any atom is 0.234 e. The van der Waals surface area contributed by atoms with Crippen LogP contribution in [0.15, 0.2) is 58.1 Å². The number of piperazine rings is 1. The van der Waals surface area contributed by atoms with Crippen LogP contribution in [0.1, 0.15) is 24.5 Å². The van der Waals surface area contributed by atoms with Gasteiger partial charge in [-0.2, -0.15) is 5.10 Å². The van der Waals surface area contributed by atoms with Gasteiger partial charge in [-0.05, 0) is 50.2 Å². The SMILES string of the molecule is CC1=Nc2ccnn2C(c2ccc(C)o2)C1C(=O)N1CCN(c2ccc(F)cc2)CC1. The molecule has 3 aromatic rings. The molecule has 1 saturated heterocycles. The Morgan fingerprint density at radius 2 is 1.77 bits per heavy atom. The number of hydrogen-bond acceptors (Lipinski definition) is 5. The minimum Gasteiger partial charge on any atom is -0.464 e. The molecule has 1 aromatic carbocycles. The standard InChI is InChI=1S/C23H24FN5O2/c1-15-3-8-19(31-15)22-21(16(2)26-20-9-10-25-29(20)22)23(30)28-13-11-27(12-14-28)18-6-4-17(24)5-7-18/h3-10,21-22H,11-14H2,1-2H3. The summed E-state index contributed by atoms with van der Waals surface area (Å²) in [6.45, 7) is 6.36. The first-order valence-corrected chi connectivity index (χ1v) is 10.5. The van der Waals surface area contributed by atoms with Gasteiger partial charge in [-0.3, -0.25) is 4.79 Å². The zero-order chi connectivity index (χ0) is 21.5. The zero-order valence-electron chi connectivity index (χ0n) is 17.5. The lowest BCUT2D eigenvalue weighted by molar-refractivity contribution is -0.134. The van der Waals surface area contributed by atoms with Crippen LogP contribution in [-0.4, -0.2) is 52.5 Å². The number of carbonyl (C=O) groups excluding carboxylic acids is 1. The molecule has 2 unspecified atom stereocenters. The molecule has 0 bridgehead atoms. The Hall–Kier alpha value is -3.42. The molecular weight excluding hydrogens is 397 g/mol. The van der Waals surface area contributed by atoms with Crippen molar-refractivity contribution in [3.8, 4) is 0 Å². The second-order valence-electron chi connectivity index (χ2n) is 8.05. The fourth-order valence-corrected chi connectivity index (χ4v) is 4.47. The van der Waals surface area contributed by atoms with Crippen molar-refractivity contribution >= 4 is 23.1 Å². The van der Waals surface area contributed by atoms with Gasteiger partial charge >= 0.3 is 0 Å². The Kier molecular flexibility index (Phi) is 4.84. The number of carbonyl (C=O) groups is 1. The number of hydrogen-bond donors (Lipinski definition) is 0. The number of anilines is 1. The largest absolute Gasteiger partial charge is 0.464 e. The number of rotatable bonds is 3. The summed E-state index contributed by atoms with van der Waals surface area (Å²) in [6, 6.07) is 11.8. The van der Waals surface area contributed by atoms with Gasteiger partial charge in [0.2, 0.25) is 5.91 Å². The molecule has 4 heterocycles. The molecule has 0 aliphatic carbocycles. The average Bonchev–Trinajstić information content (AvgIpc) is 3.41. The molecule has 7 nitrogen and oxygen atoms in total. The molecule has 0 spiro atoms. The Labute approximate surface area is 179 Å². The Morgan fingerprint density at radius 1 is 1.03 bits per heavy atom. The number of fused-ring (bicyclic) bond motifs is 1. The van der Waals surface area contributed by atoms with Crippen LogP contribution in [0.4, 0.5) is 15.9 Å². The van der Waals surface area contributed by atoms with E-state index in [2.05, 4.69) is 15.0 Å². The molecule has 5 rings (SSSR count). The number of halogens is 1. The fraction of sp³-hybridized carbons (Fsp3) is 0.348. The Balaban J connectivity index is 1.38. The normalized spacial score (nSPS) is 21.1. The van der Waals surface area contributed by atoms with E-state index in [-0.39, 0.29) is 17.8 Å². The number of aryl methyl sites for hydroxylation is 1. The summed E-state index contributed by atoms with van der Waals surface area (Å²) < 4.78 is 20.9. The number of furan rings is 1. The lowest BCUT2D eigenvalue weighted by atomic mass is 9.90. The highest BCUT2D eigenvalue weighted by atomic mass is 19.1. The first-order chi connectivity index (χ1) is 15.0. The molecule has 1 fully saturated rings. The lowest BCUT2D eigenvalue weighted by Gasteiger charge is -2.39. The highest BCUT2D eigenvalue weighted by Gasteiger charge is 2.42. The van der Waals surface area contributed by atoms with Crippen molar-refractivity contribution in [3.05, 3.63) is 66.0 Å². The van der Waals surface area contributed by atoms with E-state index in [0.717, 1.165) is 23.0 Å². The third-order valence-corrected chi connectivity index (χ3v) is 6.07. The van der Waals surface area contributed by atoms with E-state index >= 15 is 0 Å². The van der Waals surface area contributed by atoms with Crippen LogP contribution < -0.4 is 4.90 Å². The van der Waals surface area contributed by atoms with Crippen molar-refractivity contribution < 1.29 is 13.6 Å². The van der Waals surface area contributed by atoms with Crippen LogP contribution in [0.25, 0.3) is 0 Å². The quantitative estimate of drug-likeness (QED) is 0.648. The van der Waals surface area contributed by atoms with Gasteiger partial charge in [0.1, 0.15) is 29.3 Å². The van der Waals surface area contributed by atoms with Crippen molar-refractivity contribution in [3.63, 3.8) is 0 Å². The minimum atomic E-state index is -0.477. The molecule has 31 heavy (non-hydrogen) atoms. The number of amides is 1. The summed E-state index contributed by atoms with van der Waals surface area (Å²) in [4.78, 5) is 22.4. The molecular formula is C23H24FN5O2.